The molecule has 0 aliphatic carbocycles. The summed E-state index contributed by atoms with van der Waals surface area (Å²) in [7, 11) is 0. The molecule has 1 atom stereocenters. The predicted octanol–water partition coefficient (Wildman–Crippen LogP) is 0.0345. The summed E-state index contributed by atoms with van der Waals surface area (Å²) in [5.74, 6) is -0.779. The van der Waals surface area contributed by atoms with E-state index < -0.39 is 24.9 Å². The van der Waals surface area contributed by atoms with E-state index in [0.717, 1.165) is 0 Å². The van der Waals surface area contributed by atoms with Crippen LogP contribution >= 0.6 is 0 Å². The fourth-order valence-electron chi connectivity index (χ4n) is 0.676. The van der Waals surface area contributed by atoms with Crippen molar-refractivity contribution in [3.63, 3.8) is 0 Å². The second-order valence-electron chi connectivity index (χ2n) is 2.02. The lowest BCUT2D eigenvalue weighted by molar-refractivity contribution is -0.152. The molecule has 68 valence electrons. The molecule has 0 spiro atoms. The van der Waals surface area contributed by atoms with Crippen molar-refractivity contribution in [2.45, 2.75) is 6.10 Å². The fraction of sp³-hybridized carbons (Fsp3) is 0.667. The third-order valence-electron chi connectivity index (χ3n) is 1.18. The molecule has 0 aromatic rings. The normalized spacial score (nSPS) is 21.4. The van der Waals surface area contributed by atoms with E-state index in [2.05, 4.69) is 14.2 Å². The Hall–Kier alpha value is -1.33. The number of rotatable bonds is 3. The van der Waals surface area contributed by atoms with Crippen LogP contribution in [0.15, 0.2) is 0 Å². The number of carbonyl (C=O) groups excluding carboxylic acids is 2. The summed E-state index contributed by atoms with van der Waals surface area (Å²) in [6, 6.07) is 0. The third-order valence-corrected chi connectivity index (χ3v) is 1.18. The molecule has 0 bridgehead atoms. The molecular weight excluding hydrogens is 171 g/mol. The average Bonchev–Trinajstić information content (AvgIpc) is 2.47. The number of esters is 1. The Labute approximate surface area is 67.4 Å². The number of alkyl halides is 1. The van der Waals surface area contributed by atoms with Crippen LogP contribution in [0.25, 0.3) is 0 Å². The number of carbonyl (C=O) groups is 2. The van der Waals surface area contributed by atoms with Crippen molar-refractivity contribution < 1.29 is 28.2 Å². The Balaban J connectivity index is 2.28. The number of hydrogen-bond acceptors (Lipinski definition) is 5. The summed E-state index contributed by atoms with van der Waals surface area (Å²) in [6.45, 7) is -1.25. The van der Waals surface area contributed by atoms with Crippen LogP contribution in [0, 0.1) is 0 Å². The van der Waals surface area contributed by atoms with Gasteiger partial charge in [0.15, 0.2) is 0 Å². The standard InChI is InChI=1S/C6H7FO5/c7-1-2-10-5(8)4-3-11-6(9)12-4/h4H,1-3H2. The molecule has 0 amide bonds. The maximum atomic E-state index is 11.5. The number of halogens is 1. The summed E-state index contributed by atoms with van der Waals surface area (Å²) in [6.07, 6.45) is -1.94. The van der Waals surface area contributed by atoms with Gasteiger partial charge in [0.25, 0.3) is 0 Å². The van der Waals surface area contributed by atoms with E-state index in [1.54, 1.807) is 0 Å². The Bertz CT molecular complexity index is 192. The molecule has 0 aromatic carbocycles. The Morgan fingerprint density at radius 1 is 1.75 bits per heavy atom. The Morgan fingerprint density at radius 3 is 3.00 bits per heavy atom. The first-order valence-electron chi connectivity index (χ1n) is 3.30. The summed E-state index contributed by atoms with van der Waals surface area (Å²) in [5.41, 5.74) is 0. The van der Waals surface area contributed by atoms with Gasteiger partial charge in [-0.25, -0.2) is 14.0 Å². The van der Waals surface area contributed by atoms with Crippen molar-refractivity contribution in [3.8, 4) is 0 Å². The van der Waals surface area contributed by atoms with Crippen LogP contribution in [0.2, 0.25) is 0 Å². The topological polar surface area (TPSA) is 61.8 Å². The average molecular weight is 178 g/mol. The van der Waals surface area contributed by atoms with Crippen LogP contribution in [-0.2, 0) is 19.0 Å². The highest BCUT2D eigenvalue weighted by molar-refractivity contribution is 5.79. The van der Waals surface area contributed by atoms with Gasteiger partial charge in [-0.3, -0.25) is 0 Å². The molecule has 1 unspecified atom stereocenters. The molecule has 1 heterocycles. The molecule has 5 nitrogen and oxygen atoms in total. The third kappa shape index (κ3) is 2.08. The SMILES string of the molecule is O=C1OCC(C(=O)OCCF)O1. The van der Waals surface area contributed by atoms with Gasteiger partial charge in [0, 0.05) is 0 Å². The zero-order valence-corrected chi connectivity index (χ0v) is 6.12. The molecule has 1 fully saturated rings. The highest BCUT2D eigenvalue weighted by Gasteiger charge is 2.32. The Kier molecular flexibility index (Phi) is 2.84. The highest BCUT2D eigenvalue weighted by Crippen LogP contribution is 2.07. The molecule has 1 aliphatic rings. The van der Waals surface area contributed by atoms with Crippen LogP contribution in [0.5, 0.6) is 0 Å². The highest BCUT2D eigenvalue weighted by atomic mass is 19.1. The molecule has 12 heavy (non-hydrogen) atoms. The van der Waals surface area contributed by atoms with Gasteiger partial charge >= 0.3 is 12.1 Å². The first-order valence-corrected chi connectivity index (χ1v) is 3.30. The second kappa shape index (κ2) is 3.89. The van der Waals surface area contributed by atoms with E-state index in [-0.39, 0.29) is 13.2 Å². The molecule has 0 saturated carbocycles. The van der Waals surface area contributed by atoms with Crippen LogP contribution < -0.4 is 0 Å². The van der Waals surface area contributed by atoms with Gasteiger partial charge in [0.1, 0.15) is 19.9 Å². The first kappa shape index (κ1) is 8.76. The zero-order valence-electron chi connectivity index (χ0n) is 6.12. The fourth-order valence-corrected chi connectivity index (χ4v) is 0.676. The summed E-state index contributed by atoms with van der Waals surface area (Å²) < 4.78 is 24.5. The summed E-state index contributed by atoms with van der Waals surface area (Å²) >= 11 is 0. The maximum Gasteiger partial charge on any atom is 0.509 e. The molecule has 1 saturated heterocycles. The van der Waals surface area contributed by atoms with Crippen LogP contribution in [-0.4, -0.2) is 38.1 Å². The van der Waals surface area contributed by atoms with E-state index in [1.807, 2.05) is 0 Å². The largest absolute Gasteiger partial charge is 0.509 e. The van der Waals surface area contributed by atoms with Crippen molar-refractivity contribution in [3.05, 3.63) is 0 Å². The van der Waals surface area contributed by atoms with E-state index in [0.29, 0.717) is 0 Å². The molecular formula is C6H7FO5. The summed E-state index contributed by atoms with van der Waals surface area (Å²) in [5, 5.41) is 0. The van der Waals surface area contributed by atoms with E-state index in [4.69, 9.17) is 0 Å². The van der Waals surface area contributed by atoms with Crippen molar-refractivity contribution in [2.24, 2.45) is 0 Å². The predicted molar refractivity (Wildman–Crippen MR) is 33.2 cm³/mol. The van der Waals surface area contributed by atoms with Gasteiger partial charge in [-0.1, -0.05) is 0 Å². The Morgan fingerprint density at radius 2 is 2.50 bits per heavy atom. The van der Waals surface area contributed by atoms with Gasteiger partial charge < -0.3 is 14.2 Å². The van der Waals surface area contributed by atoms with Gasteiger partial charge in [-0.2, -0.15) is 0 Å². The van der Waals surface area contributed by atoms with Crippen LogP contribution in [0.3, 0.4) is 0 Å². The first-order chi connectivity index (χ1) is 5.74. The minimum Gasteiger partial charge on any atom is -0.460 e. The zero-order chi connectivity index (χ0) is 8.97. The molecule has 0 radical (unpaired) electrons. The van der Waals surface area contributed by atoms with Gasteiger partial charge in [-0.15, -0.1) is 0 Å². The molecule has 1 rings (SSSR count). The quantitative estimate of drug-likeness (QED) is 0.570. The van der Waals surface area contributed by atoms with Gasteiger partial charge in [0.05, 0.1) is 0 Å². The van der Waals surface area contributed by atoms with Crippen LogP contribution in [0.1, 0.15) is 0 Å². The lowest BCUT2D eigenvalue weighted by Gasteiger charge is -2.04. The monoisotopic (exact) mass is 178 g/mol. The number of ether oxygens (including phenoxy) is 3. The minimum atomic E-state index is -1.04. The van der Waals surface area contributed by atoms with Crippen molar-refractivity contribution in [2.75, 3.05) is 19.9 Å². The number of hydrogen-bond donors (Lipinski definition) is 0. The van der Waals surface area contributed by atoms with Crippen LogP contribution in [0.4, 0.5) is 9.18 Å². The maximum absolute atomic E-state index is 11.5. The molecule has 0 N–H and O–H groups in total. The van der Waals surface area contributed by atoms with Gasteiger partial charge in [-0.05, 0) is 0 Å². The number of cyclic esters (lactones) is 2. The lowest BCUT2D eigenvalue weighted by Crippen LogP contribution is -2.26. The van der Waals surface area contributed by atoms with Crippen molar-refractivity contribution >= 4 is 12.1 Å². The molecule has 6 heteroatoms. The smallest absolute Gasteiger partial charge is 0.460 e. The van der Waals surface area contributed by atoms with E-state index in [9.17, 15) is 14.0 Å². The molecule has 0 aromatic heterocycles. The summed E-state index contributed by atoms with van der Waals surface area (Å²) in [4.78, 5) is 21.1. The lowest BCUT2D eigenvalue weighted by atomic mass is 10.4. The van der Waals surface area contributed by atoms with Crippen molar-refractivity contribution in [1.29, 1.82) is 0 Å². The minimum absolute atomic E-state index is 0.163. The second-order valence-corrected chi connectivity index (χ2v) is 2.02. The van der Waals surface area contributed by atoms with Gasteiger partial charge in [0.2, 0.25) is 6.10 Å². The molecule has 1 aliphatic heterocycles. The van der Waals surface area contributed by atoms with E-state index >= 15 is 0 Å². The van der Waals surface area contributed by atoms with Crippen molar-refractivity contribution in [1.82, 2.24) is 0 Å². The van der Waals surface area contributed by atoms with E-state index in [1.165, 1.54) is 0 Å².